The lowest BCUT2D eigenvalue weighted by molar-refractivity contribution is 0.585. The van der Waals surface area contributed by atoms with Gasteiger partial charge in [0.25, 0.3) is 0 Å². The van der Waals surface area contributed by atoms with Gasteiger partial charge in [0.15, 0.2) is 0 Å². The Kier molecular flexibility index (Phi) is 3.45. The SMILES string of the molecule is CC(N)c1cnn(Cc2c(F)cccc2Cl)c1. The van der Waals surface area contributed by atoms with E-state index in [4.69, 9.17) is 17.3 Å². The smallest absolute Gasteiger partial charge is 0.129 e. The van der Waals surface area contributed by atoms with Crippen molar-refractivity contribution in [2.75, 3.05) is 0 Å². The molecule has 0 radical (unpaired) electrons. The van der Waals surface area contributed by atoms with E-state index in [0.717, 1.165) is 5.56 Å². The Hall–Kier alpha value is -1.39. The van der Waals surface area contributed by atoms with E-state index in [1.165, 1.54) is 6.07 Å². The Balaban J connectivity index is 2.25. The first kappa shape index (κ1) is 12.1. The van der Waals surface area contributed by atoms with Crippen LogP contribution in [0.25, 0.3) is 0 Å². The molecule has 0 bridgehead atoms. The molecule has 3 nitrogen and oxygen atoms in total. The number of aromatic nitrogens is 2. The third-order valence-corrected chi connectivity index (χ3v) is 2.91. The van der Waals surface area contributed by atoms with Gasteiger partial charge < -0.3 is 5.73 Å². The fourth-order valence-electron chi connectivity index (χ4n) is 1.55. The highest BCUT2D eigenvalue weighted by Crippen LogP contribution is 2.20. The van der Waals surface area contributed by atoms with Gasteiger partial charge in [-0.2, -0.15) is 5.10 Å². The van der Waals surface area contributed by atoms with E-state index >= 15 is 0 Å². The largest absolute Gasteiger partial charge is 0.324 e. The quantitative estimate of drug-likeness (QED) is 0.914. The number of nitrogens with two attached hydrogens (primary N) is 1. The van der Waals surface area contributed by atoms with Crippen LogP contribution in [0, 0.1) is 5.82 Å². The van der Waals surface area contributed by atoms with Crippen LogP contribution in [0.15, 0.2) is 30.6 Å². The van der Waals surface area contributed by atoms with Crippen LogP contribution in [-0.4, -0.2) is 9.78 Å². The van der Waals surface area contributed by atoms with Crippen molar-refractivity contribution in [3.05, 3.63) is 52.6 Å². The lowest BCUT2D eigenvalue weighted by Crippen LogP contribution is -2.05. The lowest BCUT2D eigenvalue weighted by Gasteiger charge is -2.06. The van der Waals surface area contributed by atoms with Crippen molar-refractivity contribution in [1.29, 1.82) is 0 Å². The highest BCUT2D eigenvalue weighted by atomic mass is 35.5. The Morgan fingerprint density at radius 3 is 2.88 bits per heavy atom. The van der Waals surface area contributed by atoms with Crippen LogP contribution in [0.1, 0.15) is 24.1 Å². The van der Waals surface area contributed by atoms with E-state index in [1.54, 1.807) is 29.2 Å². The van der Waals surface area contributed by atoms with Gasteiger partial charge >= 0.3 is 0 Å². The van der Waals surface area contributed by atoms with Gasteiger partial charge in [-0.15, -0.1) is 0 Å². The average Bonchev–Trinajstić information content (AvgIpc) is 2.72. The summed E-state index contributed by atoms with van der Waals surface area (Å²) in [5.74, 6) is -0.324. The van der Waals surface area contributed by atoms with Crippen molar-refractivity contribution in [3.63, 3.8) is 0 Å². The molecule has 0 aliphatic heterocycles. The molecule has 0 saturated heterocycles. The summed E-state index contributed by atoms with van der Waals surface area (Å²) in [6.45, 7) is 2.18. The van der Waals surface area contributed by atoms with Crippen molar-refractivity contribution in [2.45, 2.75) is 19.5 Å². The Labute approximate surface area is 104 Å². The van der Waals surface area contributed by atoms with E-state index < -0.39 is 0 Å². The molecule has 5 heteroatoms. The minimum atomic E-state index is -0.324. The number of benzene rings is 1. The summed E-state index contributed by atoms with van der Waals surface area (Å²) in [7, 11) is 0. The van der Waals surface area contributed by atoms with E-state index in [-0.39, 0.29) is 11.9 Å². The molecule has 0 spiro atoms. The zero-order valence-corrected chi connectivity index (χ0v) is 10.2. The molecular formula is C12H13ClFN3. The molecule has 0 aliphatic rings. The molecule has 1 aromatic carbocycles. The van der Waals surface area contributed by atoms with Crippen LogP contribution in [0.5, 0.6) is 0 Å². The normalized spacial score (nSPS) is 12.7. The predicted octanol–water partition coefficient (Wildman–Crippen LogP) is 2.74. The molecule has 1 unspecified atom stereocenters. The fourth-order valence-corrected chi connectivity index (χ4v) is 1.77. The standard InChI is InChI=1S/C12H13ClFN3/c1-8(15)9-5-16-17(6-9)7-10-11(13)3-2-4-12(10)14/h2-6,8H,7,15H2,1H3. The lowest BCUT2D eigenvalue weighted by atomic mass is 10.2. The number of rotatable bonds is 3. The molecule has 0 amide bonds. The van der Waals surface area contributed by atoms with Crippen molar-refractivity contribution < 1.29 is 4.39 Å². The summed E-state index contributed by atoms with van der Waals surface area (Å²) in [4.78, 5) is 0. The molecule has 2 rings (SSSR count). The maximum atomic E-state index is 13.6. The summed E-state index contributed by atoms with van der Waals surface area (Å²) in [6.07, 6.45) is 3.48. The van der Waals surface area contributed by atoms with Gasteiger partial charge in [-0.25, -0.2) is 4.39 Å². The second-order valence-corrected chi connectivity index (χ2v) is 4.37. The second kappa shape index (κ2) is 4.85. The summed E-state index contributed by atoms with van der Waals surface area (Å²) in [6, 6.07) is 4.55. The minimum absolute atomic E-state index is 0.0835. The Morgan fingerprint density at radius 2 is 2.29 bits per heavy atom. The topological polar surface area (TPSA) is 43.8 Å². The number of nitrogens with zero attached hydrogens (tertiary/aromatic N) is 2. The van der Waals surface area contributed by atoms with Gasteiger partial charge in [-0.3, -0.25) is 4.68 Å². The van der Waals surface area contributed by atoms with Gasteiger partial charge in [0.2, 0.25) is 0 Å². The molecule has 1 heterocycles. The minimum Gasteiger partial charge on any atom is -0.324 e. The molecule has 1 aromatic heterocycles. The summed E-state index contributed by atoms with van der Waals surface area (Å²) >= 11 is 5.94. The zero-order chi connectivity index (χ0) is 12.4. The first-order valence-corrected chi connectivity index (χ1v) is 5.66. The third kappa shape index (κ3) is 2.65. The predicted molar refractivity (Wildman–Crippen MR) is 65.3 cm³/mol. The molecule has 0 aliphatic carbocycles. The Bertz CT molecular complexity index is 502. The third-order valence-electron chi connectivity index (χ3n) is 2.56. The van der Waals surface area contributed by atoms with Crippen LogP contribution in [-0.2, 0) is 6.54 Å². The zero-order valence-electron chi connectivity index (χ0n) is 9.40. The van der Waals surface area contributed by atoms with Gasteiger partial charge in [0, 0.05) is 28.4 Å². The van der Waals surface area contributed by atoms with Gasteiger partial charge in [-0.1, -0.05) is 17.7 Å². The van der Waals surface area contributed by atoms with E-state index in [0.29, 0.717) is 17.1 Å². The van der Waals surface area contributed by atoms with Crippen molar-refractivity contribution in [3.8, 4) is 0 Å². The average molecular weight is 254 g/mol. The highest BCUT2D eigenvalue weighted by molar-refractivity contribution is 6.31. The van der Waals surface area contributed by atoms with E-state index in [2.05, 4.69) is 5.10 Å². The van der Waals surface area contributed by atoms with Crippen LogP contribution >= 0.6 is 11.6 Å². The molecule has 2 aromatic rings. The maximum Gasteiger partial charge on any atom is 0.129 e. The Morgan fingerprint density at radius 1 is 1.53 bits per heavy atom. The molecule has 17 heavy (non-hydrogen) atoms. The maximum absolute atomic E-state index is 13.6. The first-order valence-electron chi connectivity index (χ1n) is 5.28. The van der Waals surface area contributed by atoms with Crippen molar-refractivity contribution in [2.24, 2.45) is 5.73 Å². The van der Waals surface area contributed by atoms with Gasteiger partial charge in [-0.05, 0) is 19.1 Å². The highest BCUT2D eigenvalue weighted by Gasteiger charge is 2.09. The molecule has 0 saturated carbocycles. The van der Waals surface area contributed by atoms with Gasteiger partial charge in [0.05, 0.1) is 12.7 Å². The summed E-state index contributed by atoms with van der Waals surface area (Å²) < 4.78 is 15.2. The van der Waals surface area contributed by atoms with Crippen LogP contribution in [0.2, 0.25) is 5.02 Å². The van der Waals surface area contributed by atoms with Crippen LogP contribution in [0.3, 0.4) is 0 Å². The molecule has 90 valence electrons. The van der Waals surface area contributed by atoms with Gasteiger partial charge in [0.1, 0.15) is 5.82 Å². The van der Waals surface area contributed by atoms with E-state index in [9.17, 15) is 4.39 Å². The molecule has 2 N–H and O–H groups in total. The summed E-state index contributed by atoms with van der Waals surface area (Å²) in [5.41, 5.74) is 7.08. The second-order valence-electron chi connectivity index (χ2n) is 3.96. The number of hydrogen-bond acceptors (Lipinski definition) is 2. The van der Waals surface area contributed by atoms with Crippen LogP contribution < -0.4 is 5.73 Å². The van der Waals surface area contributed by atoms with Crippen LogP contribution in [0.4, 0.5) is 4.39 Å². The molecule has 1 atom stereocenters. The molecule has 0 fully saturated rings. The van der Waals surface area contributed by atoms with Crippen molar-refractivity contribution >= 4 is 11.6 Å². The van der Waals surface area contributed by atoms with Crippen molar-refractivity contribution in [1.82, 2.24) is 9.78 Å². The first-order chi connectivity index (χ1) is 8.08. The molecular weight excluding hydrogens is 241 g/mol. The monoisotopic (exact) mass is 253 g/mol. The fraction of sp³-hybridized carbons (Fsp3) is 0.250. The van der Waals surface area contributed by atoms with E-state index in [1.807, 2.05) is 6.92 Å². The number of hydrogen-bond donors (Lipinski definition) is 1. The number of halogens is 2. The summed E-state index contributed by atoms with van der Waals surface area (Å²) in [5, 5.41) is 4.53.